The second-order valence-electron chi connectivity index (χ2n) is 5.71. The zero-order valence-electron chi connectivity index (χ0n) is 11.4. The van der Waals surface area contributed by atoms with E-state index in [0.29, 0.717) is 18.4 Å². The van der Waals surface area contributed by atoms with Crippen LogP contribution in [0.2, 0.25) is 5.02 Å². The summed E-state index contributed by atoms with van der Waals surface area (Å²) in [6.07, 6.45) is 0.187. The quantitative estimate of drug-likeness (QED) is 0.766. The van der Waals surface area contributed by atoms with Crippen LogP contribution in [0.4, 0.5) is 18.9 Å². The van der Waals surface area contributed by atoms with Gasteiger partial charge in [-0.3, -0.25) is 0 Å². The van der Waals surface area contributed by atoms with Crippen LogP contribution < -0.4 is 5.32 Å². The third-order valence-corrected chi connectivity index (χ3v) is 4.15. The van der Waals surface area contributed by atoms with Gasteiger partial charge in [0.05, 0.1) is 5.56 Å². The first-order chi connectivity index (χ1) is 9.36. The second-order valence-corrected chi connectivity index (χ2v) is 6.14. The van der Waals surface area contributed by atoms with Crippen molar-refractivity contribution in [3.63, 3.8) is 0 Å². The summed E-state index contributed by atoms with van der Waals surface area (Å²) in [6.45, 7) is 2.80. The van der Waals surface area contributed by atoms with Crippen molar-refractivity contribution in [1.29, 1.82) is 0 Å². The lowest BCUT2D eigenvalue weighted by Crippen LogP contribution is -2.22. The first kappa shape index (κ1) is 15.5. The number of halogens is 4. The van der Waals surface area contributed by atoms with Gasteiger partial charge in [-0.25, -0.2) is 0 Å². The Morgan fingerprint density at radius 2 is 2.05 bits per heavy atom. The summed E-state index contributed by atoms with van der Waals surface area (Å²) in [7, 11) is 0. The molecule has 1 aromatic rings. The van der Waals surface area contributed by atoms with E-state index in [9.17, 15) is 13.2 Å². The van der Waals surface area contributed by atoms with Gasteiger partial charge in [-0.1, -0.05) is 31.4 Å². The predicted molar refractivity (Wildman–Crippen MR) is 76.1 cm³/mol. The Kier molecular flexibility index (Phi) is 4.84. The predicted octanol–water partition coefficient (Wildman–Crippen LogP) is 5.60. The van der Waals surface area contributed by atoms with Gasteiger partial charge in [-0.05, 0) is 42.9 Å². The maximum Gasteiger partial charge on any atom is 0.418 e. The maximum atomic E-state index is 13.0. The maximum absolute atomic E-state index is 13.0. The summed E-state index contributed by atoms with van der Waals surface area (Å²) >= 11 is 5.66. The van der Waals surface area contributed by atoms with E-state index in [1.807, 2.05) is 0 Å². The molecule has 0 aliphatic heterocycles. The molecule has 0 heterocycles. The molecule has 2 rings (SSSR count). The van der Waals surface area contributed by atoms with Gasteiger partial charge >= 0.3 is 6.18 Å². The fourth-order valence-corrected chi connectivity index (χ4v) is 3.08. The second kappa shape index (κ2) is 6.25. The molecule has 0 aromatic heterocycles. The molecule has 1 aliphatic carbocycles. The van der Waals surface area contributed by atoms with Crippen molar-refractivity contribution < 1.29 is 13.2 Å². The van der Waals surface area contributed by atoms with E-state index >= 15 is 0 Å². The Morgan fingerprint density at radius 1 is 1.30 bits per heavy atom. The van der Waals surface area contributed by atoms with Gasteiger partial charge in [0.2, 0.25) is 0 Å². The van der Waals surface area contributed by atoms with E-state index in [0.717, 1.165) is 18.9 Å². The van der Waals surface area contributed by atoms with Crippen molar-refractivity contribution in [3.8, 4) is 0 Å². The van der Waals surface area contributed by atoms with Crippen molar-refractivity contribution >= 4 is 17.3 Å². The molecular formula is C15H19ClF3N. The summed E-state index contributed by atoms with van der Waals surface area (Å²) < 4.78 is 38.9. The van der Waals surface area contributed by atoms with Crippen LogP contribution in [0.15, 0.2) is 18.2 Å². The highest BCUT2D eigenvalue weighted by atomic mass is 35.5. The van der Waals surface area contributed by atoms with Gasteiger partial charge < -0.3 is 5.32 Å². The molecule has 1 N–H and O–H groups in total. The third kappa shape index (κ3) is 4.05. The Hall–Kier alpha value is -0.900. The molecule has 0 radical (unpaired) electrons. The Labute approximate surface area is 122 Å². The standard InChI is InChI=1S/C15H19ClF3N/c1-10-3-2-4-11(7-10)9-20-14-6-5-12(16)8-13(14)15(17,18)19/h5-6,8,10-11,20H,2-4,7,9H2,1H3. The van der Waals surface area contributed by atoms with Gasteiger partial charge in [0.25, 0.3) is 0 Å². The van der Waals surface area contributed by atoms with Gasteiger partial charge in [0.1, 0.15) is 0 Å². The highest BCUT2D eigenvalue weighted by Gasteiger charge is 2.34. The summed E-state index contributed by atoms with van der Waals surface area (Å²) in [6, 6.07) is 3.88. The number of nitrogens with one attached hydrogen (secondary N) is 1. The van der Waals surface area contributed by atoms with E-state index in [4.69, 9.17) is 11.6 Å². The van der Waals surface area contributed by atoms with Crippen LogP contribution in [-0.4, -0.2) is 6.54 Å². The fraction of sp³-hybridized carbons (Fsp3) is 0.600. The number of benzene rings is 1. The zero-order valence-corrected chi connectivity index (χ0v) is 12.2. The molecular weight excluding hydrogens is 287 g/mol. The monoisotopic (exact) mass is 305 g/mol. The van der Waals surface area contributed by atoms with Crippen molar-refractivity contribution in [2.75, 3.05) is 11.9 Å². The molecule has 1 aromatic carbocycles. The normalized spacial score (nSPS) is 23.6. The topological polar surface area (TPSA) is 12.0 Å². The molecule has 1 saturated carbocycles. The Balaban J connectivity index is 2.05. The van der Waals surface area contributed by atoms with Crippen molar-refractivity contribution in [1.82, 2.24) is 0 Å². The summed E-state index contributed by atoms with van der Waals surface area (Å²) in [5.74, 6) is 1.12. The van der Waals surface area contributed by atoms with Crippen LogP contribution in [-0.2, 0) is 6.18 Å². The molecule has 0 spiro atoms. The van der Waals surface area contributed by atoms with E-state index < -0.39 is 11.7 Å². The molecule has 0 bridgehead atoms. The van der Waals surface area contributed by atoms with Gasteiger partial charge in [0.15, 0.2) is 0 Å². The SMILES string of the molecule is CC1CCCC(CNc2ccc(Cl)cc2C(F)(F)F)C1. The largest absolute Gasteiger partial charge is 0.418 e. The third-order valence-electron chi connectivity index (χ3n) is 3.91. The Bertz CT molecular complexity index is 459. The minimum absolute atomic E-state index is 0.106. The molecule has 1 nitrogen and oxygen atoms in total. The molecule has 2 unspecified atom stereocenters. The van der Waals surface area contributed by atoms with Crippen LogP contribution in [0.5, 0.6) is 0 Å². The van der Waals surface area contributed by atoms with Crippen LogP contribution >= 0.6 is 11.6 Å². The number of hydrogen-bond acceptors (Lipinski definition) is 1. The smallest absolute Gasteiger partial charge is 0.384 e. The minimum atomic E-state index is -4.38. The minimum Gasteiger partial charge on any atom is -0.384 e. The summed E-state index contributed by atoms with van der Waals surface area (Å²) in [5, 5.41) is 3.06. The number of rotatable bonds is 3. The fourth-order valence-electron chi connectivity index (χ4n) is 2.90. The number of hydrogen-bond donors (Lipinski definition) is 1. The molecule has 20 heavy (non-hydrogen) atoms. The van der Waals surface area contributed by atoms with E-state index in [1.54, 1.807) is 0 Å². The summed E-state index contributed by atoms with van der Waals surface area (Å²) in [5.41, 5.74) is -0.561. The van der Waals surface area contributed by atoms with Gasteiger partial charge in [-0.2, -0.15) is 13.2 Å². The Morgan fingerprint density at radius 3 is 2.70 bits per heavy atom. The van der Waals surface area contributed by atoms with E-state index in [1.165, 1.54) is 25.0 Å². The van der Waals surface area contributed by atoms with Gasteiger partial charge in [-0.15, -0.1) is 0 Å². The van der Waals surface area contributed by atoms with Gasteiger partial charge in [0, 0.05) is 17.3 Å². The molecule has 112 valence electrons. The number of anilines is 1. The highest BCUT2D eigenvalue weighted by Crippen LogP contribution is 2.37. The first-order valence-electron chi connectivity index (χ1n) is 6.97. The lowest BCUT2D eigenvalue weighted by atomic mass is 9.82. The lowest BCUT2D eigenvalue weighted by Gasteiger charge is -2.27. The molecule has 2 atom stereocenters. The van der Waals surface area contributed by atoms with Crippen molar-refractivity contribution in [2.24, 2.45) is 11.8 Å². The van der Waals surface area contributed by atoms with Crippen LogP contribution in [0, 0.1) is 11.8 Å². The average Bonchev–Trinajstić information content (AvgIpc) is 2.36. The zero-order chi connectivity index (χ0) is 14.8. The lowest BCUT2D eigenvalue weighted by molar-refractivity contribution is -0.136. The molecule has 1 aliphatic rings. The van der Waals surface area contributed by atoms with E-state index in [2.05, 4.69) is 12.2 Å². The van der Waals surface area contributed by atoms with Crippen LogP contribution in [0.3, 0.4) is 0 Å². The van der Waals surface area contributed by atoms with Crippen molar-refractivity contribution in [2.45, 2.75) is 38.8 Å². The highest BCUT2D eigenvalue weighted by molar-refractivity contribution is 6.30. The number of alkyl halides is 3. The first-order valence-corrected chi connectivity index (χ1v) is 7.34. The molecule has 5 heteroatoms. The molecule has 0 saturated heterocycles. The van der Waals surface area contributed by atoms with Crippen LogP contribution in [0.25, 0.3) is 0 Å². The summed E-state index contributed by atoms with van der Waals surface area (Å²) in [4.78, 5) is 0. The van der Waals surface area contributed by atoms with Crippen molar-refractivity contribution in [3.05, 3.63) is 28.8 Å². The molecule has 0 amide bonds. The average molecular weight is 306 g/mol. The molecule has 1 fully saturated rings. The van der Waals surface area contributed by atoms with Crippen LogP contribution in [0.1, 0.15) is 38.2 Å². The van der Waals surface area contributed by atoms with E-state index in [-0.39, 0.29) is 10.7 Å².